The minimum atomic E-state index is -1.09. The van der Waals surface area contributed by atoms with E-state index in [9.17, 15) is 13.6 Å². The summed E-state index contributed by atoms with van der Waals surface area (Å²) in [5.41, 5.74) is 0.698. The number of carbonyl (C=O) groups excluding carboxylic acids is 1. The van der Waals surface area contributed by atoms with E-state index >= 15 is 0 Å². The molecule has 0 bridgehead atoms. The van der Waals surface area contributed by atoms with E-state index in [2.05, 4.69) is 15.5 Å². The number of amides is 1. The Morgan fingerprint density at radius 1 is 1.16 bits per heavy atom. The lowest BCUT2D eigenvalue weighted by atomic mass is 10.2. The van der Waals surface area contributed by atoms with Gasteiger partial charge < -0.3 is 14.6 Å². The average molecular weight is 345 g/mol. The van der Waals surface area contributed by atoms with Crippen molar-refractivity contribution >= 4 is 5.91 Å². The molecule has 1 heterocycles. The van der Waals surface area contributed by atoms with E-state index in [-0.39, 0.29) is 17.9 Å². The zero-order valence-corrected chi connectivity index (χ0v) is 13.1. The maximum absolute atomic E-state index is 13.1. The van der Waals surface area contributed by atoms with E-state index < -0.39 is 17.5 Å². The van der Waals surface area contributed by atoms with Gasteiger partial charge in [0.25, 0.3) is 11.8 Å². The third kappa shape index (κ3) is 3.79. The van der Waals surface area contributed by atoms with Crippen molar-refractivity contribution in [3.63, 3.8) is 0 Å². The van der Waals surface area contributed by atoms with Crippen molar-refractivity contribution in [3.8, 4) is 17.2 Å². The van der Waals surface area contributed by atoms with Gasteiger partial charge in [0, 0.05) is 11.1 Å². The summed E-state index contributed by atoms with van der Waals surface area (Å²) in [5, 5.41) is 6.28. The number of aromatic nitrogens is 2. The Bertz CT molecular complexity index is 894. The van der Waals surface area contributed by atoms with Crippen LogP contribution in [0.2, 0.25) is 0 Å². The summed E-state index contributed by atoms with van der Waals surface area (Å²) in [5.74, 6) is -1.44. The number of nitrogens with one attached hydrogen (secondary N) is 1. The van der Waals surface area contributed by atoms with E-state index in [0.717, 1.165) is 12.1 Å². The monoisotopic (exact) mass is 345 g/mol. The first-order chi connectivity index (χ1) is 12.1. The zero-order valence-electron chi connectivity index (χ0n) is 13.1. The number of ether oxygens (including phenoxy) is 1. The summed E-state index contributed by atoms with van der Waals surface area (Å²) in [6.07, 6.45) is 0. The summed E-state index contributed by atoms with van der Waals surface area (Å²) in [4.78, 5) is 16.1. The number of carbonyl (C=O) groups is 1. The molecule has 1 N–H and O–H groups in total. The van der Waals surface area contributed by atoms with Crippen molar-refractivity contribution in [3.05, 3.63) is 65.5 Å². The van der Waals surface area contributed by atoms with Gasteiger partial charge >= 0.3 is 0 Å². The van der Waals surface area contributed by atoms with Crippen molar-refractivity contribution in [2.24, 2.45) is 0 Å². The second kappa shape index (κ2) is 7.08. The Balaban J connectivity index is 1.64. The molecule has 3 rings (SSSR count). The lowest BCUT2D eigenvalue weighted by molar-refractivity contribution is 0.0949. The van der Waals surface area contributed by atoms with Crippen LogP contribution < -0.4 is 10.1 Å². The van der Waals surface area contributed by atoms with Crippen LogP contribution in [0.3, 0.4) is 0 Å². The Labute approximate surface area is 141 Å². The van der Waals surface area contributed by atoms with Gasteiger partial charge in [-0.05, 0) is 42.5 Å². The molecule has 3 aromatic rings. The Hall–Kier alpha value is -3.29. The SMILES string of the molecule is COc1ccc(-c2nc(CNC(=O)c3ccc(F)c(F)c3)no2)cc1. The van der Waals surface area contributed by atoms with Gasteiger partial charge in [0.05, 0.1) is 13.7 Å². The number of benzene rings is 2. The summed E-state index contributed by atoms with van der Waals surface area (Å²) in [6, 6.07) is 9.93. The molecule has 6 nitrogen and oxygen atoms in total. The Morgan fingerprint density at radius 3 is 2.60 bits per heavy atom. The molecule has 0 spiro atoms. The van der Waals surface area contributed by atoms with E-state index in [1.165, 1.54) is 6.07 Å². The van der Waals surface area contributed by atoms with Gasteiger partial charge in [0.15, 0.2) is 17.5 Å². The first-order valence-corrected chi connectivity index (χ1v) is 7.27. The molecule has 8 heteroatoms. The van der Waals surface area contributed by atoms with Crippen molar-refractivity contribution in [2.75, 3.05) is 7.11 Å². The standard InChI is InChI=1S/C17H13F2N3O3/c1-24-12-5-2-10(3-6-12)17-21-15(22-25-17)9-20-16(23)11-4-7-13(18)14(19)8-11/h2-8H,9H2,1H3,(H,20,23). The maximum Gasteiger partial charge on any atom is 0.257 e. The van der Waals surface area contributed by atoms with Gasteiger partial charge in [-0.25, -0.2) is 8.78 Å². The molecule has 0 aliphatic heterocycles. The van der Waals surface area contributed by atoms with Crippen LogP contribution in [0.25, 0.3) is 11.5 Å². The van der Waals surface area contributed by atoms with Crippen LogP contribution in [0.4, 0.5) is 8.78 Å². The van der Waals surface area contributed by atoms with Gasteiger partial charge in [-0.3, -0.25) is 4.79 Å². The van der Waals surface area contributed by atoms with Crippen molar-refractivity contribution in [1.82, 2.24) is 15.5 Å². The van der Waals surface area contributed by atoms with Crippen LogP contribution in [0.5, 0.6) is 5.75 Å². The van der Waals surface area contributed by atoms with Gasteiger partial charge in [-0.15, -0.1) is 0 Å². The van der Waals surface area contributed by atoms with Crippen molar-refractivity contribution in [1.29, 1.82) is 0 Å². The summed E-state index contributed by atoms with van der Waals surface area (Å²) >= 11 is 0. The van der Waals surface area contributed by atoms with Crippen LogP contribution in [0, 0.1) is 11.6 Å². The van der Waals surface area contributed by atoms with E-state index in [0.29, 0.717) is 17.2 Å². The molecule has 2 aromatic carbocycles. The second-order valence-corrected chi connectivity index (χ2v) is 5.06. The minimum absolute atomic E-state index is 0.00206. The van der Waals surface area contributed by atoms with E-state index in [4.69, 9.17) is 9.26 Å². The summed E-state index contributed by atoms with van der Waals surface area (Å²) < 4.78 is 36.2. The highest BCUT2D eigenvalue weighted by Gasteiger charge is 2.12. The third-order valence-electron chi connectivity index (χ3n) is 3.39. The zero-order chi connectivity index (χ0) is 17.8. The van der Waals surface area contributed by atoms with Crippen LogP contribution in [0.15, 0.2) is 47.0 Å². The molecule has 0 aliphatic rings. The van der Waals surface area contributed by atoms with E-state index in [1.807, 2.05) is 0 Å². The first-order valence-electron chi connectivity index (χ1n) is 7.27. The molecule has 0 radical (unpaired) electrons. The molecule has 25 heavy (non-hydrogen) atoms. The third-order valence-corrected chi connectivity index (χ3v) is 3.39. The summed E-state index contributed by atoms with van der Waals surface area (Å²) in [7, 11) is 1.56. The Morgan fingerprint density at radius 2 is 1.92 bits per heavy atom. The minimum Gasteiger partial charge on any atom is -0.497 e. The second-order valence-electron chi connectivity index (χ2n) is 5.06. The number of halogens is 2. The van der Waals surface area contributed by atoms with Crippen molar-refractivity contribution in [2.45, 2.75) is 6.54 Å². The molecule has 0 aliphatic carbocycles. The number of rotatable bonds is 5. The fourth-order valence-electron chi connectivity index (χ4n) is 2.08. The van der Waals surface area contributed by atoms with Gasteiger partial charge in [-0.1, -0.05) is 5.16 Å². The average Bonchev–Trinajstić information content (AvgIpc) is 3.11. The lowest BCUT2D eigenvalue weighted by Crippen LogP contribution is -2.23. The number of methoxy groups -OCH3 is 1. The van der Waals surface area contributed by atoms with Crippen LogP contribution in [-0.4, -0.2) is 23.2 Å². The molecule has 0 fully saturated rings. The molecule has 0 saturated carbocycles. The van der Waals surface area contributed by atoms with Gasteiger partial charge in [0.1, 0.15) is 5.75 Å². The van der Waals surface area contributed by atoms with Crippen LogP contribution >= 0.6 is 0 Å². The Kier molecular flexibility index (Phi) is 4.69. The maximum atomic E-state index is 13.1. The quantitative estimate of drug-likeness (QED) is 0.769. The molecule has 1 amide bonds. The molecule has 0 atom stereocenters. The van der Waals surface area contributed by atoms with Crippen molar-refractivity contribution < 1.29 is 22.8 Å². The predicted molar refractivity (Wildman–Crippen MR) is 83.8 cm³/mol. The normalized spacial score (nSPS) is 10.5. The molecule has 128 valence electrons. The first kappa shape index (κ1) is 16.6. The number of hydrogen-bond donors (Lipinski definition) is 1. The molecular weight excluding hydrogens is 332 g/mol. The molecule has 1 aromatic heterocycles. The molecular formula is C17H13F2N3O3. The van der Waals surface area contributed by atoms with Gasteiger partial charge in [-0.2, -0.15) is 4.98 Å². The van der Waals surface area contributed by atoms with Crippen LogP contribution in [0.1, 0.15) is 16.2 Å². The van der Waals surface area contributed by atoms with Crippen LogP contribution in [-0.2, 0) is 6.54 Å². The fourth-order valence-corrected chi connectivity index (χ4v) is 2.08. The van der Waals surface area contributed by atoms with Gasteiger partial charge in [0.2, 0.25) is 0 Å². The highest BCUT2D eigenvalue weighted by atomic mass is 19.2. The number of nitrogens with zero attached hydrogens (tertiary/aromatic N) is 2. The molecule has 0 saturated heterocycles. The topological polar surface area (TPSA) is 77.2 Å². The fraction of sp³-hybridized carbons (Fsp3) is 0.118. The smallest absolute Gasteiger partial charge is 0.257 e. The molecule has 0 unspecified atom stereocenters. The number of hydrogen-bond acceptors (Lipinski definition) is 5. The highest BCUT2D eigenvalue weighted by Crippen LogP contribution is 2.20. The largest absolute Gasteiger partial charge is 0.497 e. The predicted octanol–water partition coefficient (Wildman–Crippen LogP) is 2.95. The summed E-state index contributed by atoms with van der Waals surface area (Å²) in [6.45, 7) is -0.0164. The highest BCUT2D eigenvalue weighted by molar-refractivity contribution is 5.94. The van der Waals surface area contributed by atoms with E-state index in [1.54, 1.807) is 31.4 Å². The lowest BCUT2D eigenvalue weighted by Gasteiger charge is -2.02.